The second-order valence-electron chi connectivity index (χ2n) is 10.9. The standard InChI is InChI=1S/C33H21B3N4/c1-4-10-22(11-5-1)34-25-16-37-18-27-31(25)40-32-26(34)17-38-19-28(32)36(24-14-8-3-9-15-24)30-21-39-20-29(33(30)40)35(27)23-12-6-2-7-13-23/h1-21H. The van der Waals surface area contributed by atoms with Crippen molar-refractivity contribution in [3.05, 3.63) is 128 Å². The second-order valence-corrected chi connectivity index (χ2v) is 10.9. The molecular weight excluding hydrogens is 485 g/mol. The maximum atomic E-state index is 4.87. The normalized spacial score (nSPS) is 13.8. The molecule has 9 rings (SSSR count). The molecule has 0 saturated heterocycles. The Bertz CT molecular complexity index is 1640. The third kappa shape index (κ3) is 2.87. The van der Waals surface area contributed by atoms with Crippen LogP contribution in [-0.2, 0) is 0 Å². The molecule has 0 saturated carbocycles. The molecule has 0 spiro atoms. The SMILES string of the molecule is c1ccc(B2c3cncc4c3N3c5c2cncc5B(c2ccccc2)c2cncc(c23)B4c2ccccc2)cc1. The molecule has 0 fully saturated rings. The Morgan fingerprint density at radius 2 is 0.600 bits per heavy atom. The van der Waals surface area contributed by atoms with Crippen molar-refractivity contribution in [2.45, 2.75) is 0 Å². The van der Waals surface area contributed by atoms with Crippen molar-refractivity contribution in [2.75, 3.05) is 4.90 Å². The maximum Gasteiger partial charge on any atom is 0.250 e. The van der Waals surface area contributed by atoms with Crippen LogP contribution in [-0.4, -0.2) is 35.1 Å². The highest BCUT2D eigenvalue weighted by Crippen LogP contribution is 2.37. The summed E-state index contributed by atoms with van der Waals surface area (Å²) in [6, 6.07) is 32.4. The van der Waals surface area contributed by atoms with Crippen LogP contribution in [0.15, 0.2) is 128 Å². The fourth-order valence-electron chi connectivity index (χ4n) is 7.35. The lowest BCUT2D eigenvalue weighted by atomic mass is 9.27. The summed E-state index contributed by atoms with van der Waals surface area (Å²) < 4.78 is 0. The fraction of sp³-hybridized carbons (Fsp3) is 0. The van der Waals surface area contributed by atoms with Gasteiger partial charge in [0.2, 0.25) is 0 Å². The minimum atomic E-state index is 0.0418. The molecule has 0 radical (unpaired) electrons. The number of pyridine rings is 3. The minimum absolute atomic E-state index is 0.0418. The molecule has 0 aliphatic carbocycles. The summed E-state index contributed by atoms with van der Waals surface area (Å²) >= 11 is 0. The van der Waals surface area contributed by atoms with E-state index >= 15 is 0 Å². The van der Waals surface area contributed by atoms with Gasteiger partial charge in [-0.05, 0) is 32.8 Å². The van der Waals surface area contributed by atoms with Crippen LogP contribution in [0.25, 0.3) is 0 Å². The molecule has 3 aliphatic rings. The molecule has 6 aromatic rings. The zero-order valence-electron chi connectivity index (χ0n) is 21.6. The molecule has 7 heteroatoms. The first-order valence-corrected chi connectivity index (χ1v) is 13.8. The molecule has 0 atom stereocenters. The van der Waals surface area contributed by atoms with Crippen LogP contribution in [0.1, 0.15) is 0 Å². The number of nitrogens with zero attached hydrogens (tertiary/aromatic N) is 4. The third-order valence-corrected chi connectivity index (χ3v) is 8.86. The molecule has 0 N–H and O–H groups in total. The average molecular weight is 506 g/mol. The summed E-state index contributed by atoms with van der Waals surface area (Å²) in [5.41, 5.74) is 14.9. The van der Waals surface area contributed by atoms with Crippen LogP contribution < -0.4 is 54.1 Å². The lowest BCUT2D eigenvalue weighted by Gasteiger charge is -2.48. The van der Waals surface area contributed by atoms with Gasteiger partial charge in [-0.25, -0.2) is 0 Å². The van der Waals surface area contributed by atoms with Crippen LogP contribution in [0, 0.1) is 0 Å². The first-order valence-electron chi connectivity index (χ1n) is 13.8. The van der Waals surface area contributed by atoms with Crippen molar-refractivity contribution in [2.24, 2.45) is 0 Å². The predicted molar refractivity (Wildman–Crippen MR) is 168 cm³/mol. The molecule has 3 aromatic heterocycles. The summed E-state index contributed by atoms with van der Waals surface area (Å²) in [6.07, 6.45) is 12.4. The van der Waals surface area contributed by atoms with Gasteiger partial charge in [-0.1, -0.05) is 107 Å². The zero-order chi connectivity index (χ0) is 26.2. The van der Waals surface area contributed by atoms with E-state index in [4.69, 9.17) is 15.0 Å². The van der Waals surface area contributed by atoms with Gasteiger partial charge in [0.05, 0.1) is 0 Å². The molecule has 6 heterocycles. The van der Waals surface area contributed by atoms with Crippen LogP contribution in [0.5, 0.6) is 0 Å². The molecule has 3 aromatic carbocycles. The van der Waals surface area contributed by atoms with E-state index in [2.05, 4.69) is 133 Å². The van der Waals surface area contributed by atoms with Crippen molar-refractivity contribution >= 4 is 86.4 Å². The molecule has 182 valence electrons. The van der Waals surface area contributed by atoms with Gasteiger partial charge in [-0.2, -0.15) is 0 Å². The van der Waals surface area contributed by atoms with Gasteiger partial charge in [-0.15, -0.1) is 0 Å². The first-order chi connectivity index (χ1) is 19.9. The van der Waals surface area contributed by atoms with Crippen molar-refractivity contribution < 1.29 is 0 Å². The first kappa shape index (κ1) is 22.0. The van der Waals surface area contributed by atoms with E-state index in [0.29, 0.717) is 0 Å². The van der Waals surface area contributed by atoms with E-state index in [1.165, 1.54) is 66.2 Å². The van der Waals surface area contributed by atoms with Gasteiger partial charge in [-0.3, -0.25) is 15.0 Å². The van der Waals surface area contributed by atoms with Crippen LogP contribution in [0.4, 0.5) is 17.1 Å². The van der Waals surface area contributed by atoms with Gasteiger partial charge in [0.1, 0.15) is 0 Å². The molecule has 0 bridgehead atoms. The summed E-state index contributed by atoms with van der Waals surface area (Å²) in [5, 5.41) is 0. The van der Waals surface area contributed by atoms with Crippen molar-refractivity contribution in [1.82, 2.24) is 15.0 Å². The van der Waals surface area contributed by atoms with Crippen molar-refractivity contribution in [3.8, 4) is 0 Å². The highest BCUT2D eigenvalue weighted by atomic mass is 15.2. The Morgan fingerprint density at radius 1 is 0.350 bits per heavy atom. The largest absolute Gasteiger partial charge is 0.313 e. The lowest BCUT2D eigenvalue weighted by Crippen LogP contribution is -2.71. The molecule has 0 amide bonds. The van der Waals surface area contributed by atoms with Gasteiger partial charge in [0.15, 0.2) is 0 Å². The van der Waals surface area contributed by atoms with Crippen LogP contribution in [0.3, 0.4) is 0 Å². The second kappa shape index (κ2) is 8.30. The number of hydrogen-bond acceptors (Lipinski definition) is 4. The number of anilines is 3. The summed E-state index contributed by atoms with van der Waals surface area (Å²) in [4.78, 5) is 17.1. The molecule has 3 aliphatic heterocycles. The Morgan fingerprint density at radius 3 is 0.850 bits per heavy atom. The Hall–Kier alpha value is -4.90. The quantitative estimate of drug-likeness (QED) is 0.313. The Balaban J connectivity index is 1.44. The average Bonchev–Trinajstić information content (AvgIpc) is 3.03. The Labute approximate surface area is 234 Å². The zero-order valence-corrected chi connectivity index (χ0v) is 21.6. The van der Waals surface area contributed by atoms with Crippen molar-refractivity contribution in [3.63, 3.8) is 0 Å². The van der Waals surface area contributed by atoms with Gasteiger partial charge in [0.25, 0.3) is 20.1 Å². The topological polar surface area (TPSA) is 41.9 Å². The summed E-state index contributed by atoms with van der Waals surface area (Å²) in [7, 11) is 0. The van der Waals surface area contributed by atoms with E-state index in [9.17, 15) is 0 Å². The van der Waals surface area contributed by atoms with Crippen LogP contribution in [0.2, 0.25) is 0 Å². The minimum Gasteiger partial charge on any atom is -0.313 e. The monoisotopic (exact) mass is 506 g/mol. The molecule has 0 unspecified atom stereocenters. The van der Waals surface area contributed by atoms with E-state index in [1.807, 2.05) is 0 Å². The molecule has 4 nitrogen and oxygen atoms in total. The van der Waals surface area contributed by atoms with Gasteiger partial charge in [0, 0.05) is 54.2 Å². The molecule has 40 heavy (non-hydrogen) atoms. The van der Waals surface area contributed by atoms with E-state index < -0.39 is 0 Å². The maximum absolute atomic E-state index is 4.87. The smallest absolute Gasteiger partial charge is 0.250 e. The Kier molecular flexibility index (Phi) is 4.56. The lowest BCUT2D eigenvalue weighted by molar-refractivity contribution is 1.23. The van der Waals surface area contributed by atoms with E-state index in [0.717, 1.165) is 0 Å². The number of rotatable bonds is 3. The van der Waals surface area contributed by atoms with E-state index in [1.54, 1.807) is 0 Å². The highest BCUT2D eigenvalue weighted by molar-refractivity contribution is 7.05. The number of hydrogen-bond donors (Lipinski definition) is 0. The van der Waals surface area contributed by atoms with Gasteiger partial charge < -0.3 is 4.90 Å². The number of aromatic nitrogens is 3. The van der Waals surface area contributed by atoms with Gasteiger partial charge >= 0.3 is 0 Å². The molecular formula is C33H21B3N4. The fourth-order valence-corrected chi connectivity index (χ4v) is 7.35. The predicted octanol–water partition coefficient (Wildman–Crippen LogP) is -0.170. The summed E-state index contributed by atoms with van der Waals surface area (Å²) in [6.45, 7) is 0.125. The van der Waals surface area contributed by atoms with Crippen molar-refractivity contribution in [1.29, 1.82) is 0 Å². The highest BCUT2D eigenvalue weighted by Gasteiger charge is 2.49. The van der Waals surface area contributed by atoms with Crippen LogP contribution >= 0.6 is 0 Å². The number of benzene rings is 3. The van der Waals surface area contributed by atoms with E-state index in [-0.39, 0.29) is 20.1 Å². The third-order valence-electron chi connectivity index (χ3n) is 8.86. The summed E-state index contributed by atoms with van der Waals surface area (Å²) in [5.74, 6) is 0.